The highest BCUT2D eigenvalue weighted by atomic mass is 32.1. The molecule has 0 atom stereocenters. The molecule has 0 bridgehead atoms. The Hall–Kier alpha value is -1.23. The van der Waals surface area contributed by atoms with Gasteiger partial charge in [0.25, 0.3) is 0 Å². The van der Waals surface area contributed by atoms with Crippen molar-refractivity contribution in [1.82, 2.24) is 4.90 Å². The average molecular weight is 307 g/mol. The maximum absolute atomic E-state index is 13.2. The summed E-state index contributed by atoms with van der Waals surface area (Å²) < 4.78 is 13.2. The predicted octanol–water partition coefficient (Wildman–Crippen LogP) is 4.23. The highest BCUT2D eigenvalue weighted by molar-refractivity contribution is 7.12. The van der Waals surface area contributed by atoms with Crippen molar-refractivity contribution < 1.29 is 9.50 Å². The Morgan fingerprint density at radius 2 is 1.81 bits per heavy atom. The van der Waals surface area contributed by atoms with Crippen molar-refractivity contribution in [3.8, 4) is 11.1 Å². The maximum Gasteiger partial charge on any atom is 0.123 e. The van der Waals surface area contributed by atoms with E-state index in [2.05, 4.69) is 18.7 Å². The third-order valence-electron chi connectivity index (χ3n) is 3.39. The first-order valence-electron chi connectivity index (χ1n) is 7.10. The van der Waals surface area contributed by atoms with Crippen molar-refractivity contribution in [3.63, 3.8) is 0 Å². The number of aliphatic hydroxyl groups is 1. The summed E-state index contributed by atoms with van der Waals surface area (Å²) in [7, 11) is 4.06. The molecule has 2 nitrogen and oxygen atoms in total. The molecule has 0 saturated heterocycles. The van der Waals surface area contributed by atoms with Crippen molar-refractivity contribution in [2.24, 2.45) is 0 Å². The summed E-state index contributed by atoms with van der Waals surface area (Å²) >= 11 is 1.75. The first-order chi connectivity index (χ1) is 9.93. The van der Waals surface area contributed by atoms with Crippen molar-refractivity contribution in [2.45, 2.75) is 32.9 Å². The third kappa shape index (κ3) is 3.51. The van der Waals surface area contributed by atoms with E-state index in [0.29, 0.717) is 5.92 Å². The molecule has 2 aromatic rings. The van der Waals surface area contributed by atoms with Crippen molar-refractivity contribution in [1.29, 1.82) is 0 Å². The van der Waals surface area contributed by atoms with Crippen LogP contribution in [0.5, 0.6) is 0 Å². The Morgan fingerprint density at radius 3 is 2.29 bits per heavy atom. The fraction of sp³-hybridized carbons (Fsp3) is 0.412. The van der Waals surface area contributed by atoms with Crippen LogP contribution in [-0.4, -0.2) is 24.1 Å². The molecule has 4 heteroatoms. The predicted molar refractivity (Wildman–Crippen MR) is 87.1 cm³/mol. The second kappa shape index (κ2) is 6.69. The second-order valence-corrected chi connectivity index (χ2v) is 6.94. The lowest BCUT2D eigenvalue weighted by Gasteiger charge is -2.12. The van der Waals surface area contributed by atoms with Gasteiger partial charge in [0.05, 0.1) is 6.61 Å². The van der Waals surface area contributed by atoms with Gasteiger partial charge in [0.1, 0.15) is 5.82 Å². The fourth-order valence-electron chi connectivity index (χ4n) is 2.51. The molecule has 114 valence electrons. The van der Waals surface area contributed by atoms with Gasteiger partial charge in [-0.1, -0.05) is 26.0 Å². The van der Waals surface area contributed by atoms with Gasteiger partial charge in [-0.05, 0) is 43.3 Å². The second-order valence-electron chi connectivity index (χ2n) is 5.80. The number of rotatable bonds is 5. The summed E-state index contributed by atoms with van der Waals surface area (Å²) in [6, 6.07) is 6.53. The van der Waals surface area contributed by atoms with Crippen LogP contribution >= 0.6 is 11.3 Å². The largest absolute Gasteiger partial charge is 0.392 e. The number of hydrogen-bond donors (Lipinski definition) is 1. The van der Waals surface area contributed by atoms with Crippen molar-refractivity contribution in [2.75, 3.05) is 14.1 Å². The van der Waals surface area contributed by atoms with Gasteiger partial charge in [-0.25, -0.2) is 4.39 Å². The summed E-state index contributed by atoms with van der Waals surface area (Å²) in [5, 5.41) is 9.83. The van der Waals surface area contributed by atoms with Crippen molar-refractivity contribution in [3.05, 3.63) is 45.4 Å². The summed E-state index contributed by atoms with van der Waals surface area (Å²) in [6.07, 6.45) is 0. The first-order valence-corrected chi connectivity index (χ1v) is 7.91. The van der Waals surface area contributed by atoms with Crippen molar-refractivity contribution >= 4 is 11.3 Å². The van der Waals surface area contributed by atoms with Gasteiger partial charge < -0.3 is 10.0 Å². The standard InChI is InChI=1S/C17H22FNOS/c1-11(2)17-14(10-20)16(15(21-17)9-19(3)4)12-5-7-13(18)8-6-12/h5-8,11,20H,9-10H2,1-4H3. The van der Waals surface area contributed by atoms with E-state index in [0.717, 1.165) is 23.2 Å². The molecule has 1 aromatic carbocycles. The van der Waals surface area contributed by atoms with Crippen LogP contribution in [-0.2, 0) is 13.2 Å². The lowest BCUT2D eigenvalue weighted by molar-refractivity contribution is 0.281. The summed E-state index contributed by atoms with van der Waals surface area (Å²) in [6.45, 7) is 5.11. The minimum Gasteiger partial charge on any atom is -0.392 e. The van der Waals surface area contributed by atoms with Crippen LogP contribution in [0.3, 0.4) is 0 Å². The van der Waals surface area contributed by atoms with Gasteiger partial charge >= 0.3 is 0 Å². The Bertz CT molecular complexity index is 602. The Balaban J connectivity index is 2.61. The van der Waals surface area contributed by atoms with Crippen LogP contribution in [0, 0.1) is 5.82 Å². The van der Waals surface area contributed by atoms with E-state index in [1.54, 1.807) is 23.5 Å². The molecule has 0 aliphatic heterocycles. The van der Waals surface area contributed by atoms with Crippen LogP contribution in [0.4, 0.5) is 4.39 Å². The zero-order chi connectivity index (χ0) is 15.6. The zero-order valence-electron chi connectivity index (χ0n) is 13.0. The summed E-state index contributed by atoms with van der Waals surface area (Å²) in [5.74, 6) is 0.130. The Labute approximate surface area is 129 Å². The SMILES string of the molecule is CC(C)c1sc(CN(C)C)c(-c2ccc(F)cc2)c1CO. The number of nitrogens with zero attached hydrogens (tertiary/aromatic N) is 1. The summed E-state index contributed by atoms with van der Waals surface area (Å²) in [5.41, 5.74) is 3.03. The number of aliphatic hydroxyl groups excluding tert-OH is 1. The Morgan fingerprint density at radius 1 is 1.19 bits per heavy atom. The van der Waals surface area contributed by atoms with E-state index < -0.39 is 0 Å². The van der Waals surface area contributed by atoms with E-state index in [1.165, 1.54) is 21.9 Å². The number of thiophene rings is 1. The topological polar surface area (TPSA) is 23.5 Å². The van der Waals surface area contributed by atoms with Gasteiger partial charge in [0.15, 0.2) is 0 Å². The van der Waals surface area contributed by atoms with Crippen LogP contribution in [0.2, 0.25) is 0 Å². The molecular formula is C17H22FNOS. The van der Waals surface area contributed by atoms with Crippen LogP contribution < -0.4 is 0 Å². The van der Waals surface area contributed by atoms with Gasteiger partial charge in [0.2, 0.25) is 0 Å². The molecule has 0 fully saturated rings. The number of benzene rings is 1. The van der Waals surface area contributed by atoms with E-state index in [-0.39, 0.29) is 12.4 Å². The molecule has 0 unspecified atom stereocenters. The van der Waals surface area contributed by atoms with Crippen LogP contribution in [0.15, 0.2) is 24.3 Å². The van der Waals surface area contributed by atoms with Gasteiger partial charge in [-0.15, -0.1) is 11.3 Å². The van der Waals surface area contributed by atoms with E-state index in [9.17, 15) is 9.50 Å². The quantitative estimate of drug-likeness (QED) is 0.893. The molecular weight excluding hydrogens is 285 g/mol. The van der Waals surface area contributed by atoms with Crippen LogP contribution in [0.1, 0.15) is 35.1 Å². The molecule has 0 saturated carbocycles. The Kier molecular flexibility index (Phi) is 5.14. The molecule has 0 aliphatic carbocycles. The molecule has 0 spiro atoms. The zero-order valence-corrected chi connectivity index (χ0v) is 13.8. The molecule has 1 heterocycles. The molecule has 0 amide bonds. The van der Waals surface area contributed by atoms with Gasteiger partial charge in [-0.3, -0.25) is 0 Å². The number of halogens is 1. The molecule has 0 aliphatic rings. The number of hydrogen-bond acceptors (Lipinski definition) is 3. The van der Waals surface area contributed by atoms with E-state index in [4.69, 9.17) is 0 Å². The molecule has 1 aromatic heterocycles. The molecule has 2 rings (SSSR count). The van der Waals surface area contributed by atoms with Gasteiger partial charge in [-0.2, -0.15) is 0 Å². The molecule has 1 N–H and O–H groups in total. The smallest absolute Gasteiger partial charge is 0.123 e. The monoisotopic (exact) mass is 307 g/mol. The fourth-order valence-corrected chi connectivity index (χ4v) is 3.97. The lowest BCUT2D eigenvalue weighted by atomic mass is 9.97. The lowest BCUT2D eigenvalue weighted by Crippen LogP contribution is -2.10. The molecule has 0 radical (unpaired) electrons. The first kappa shape index (κ1) is 16.1. The summed E-state index contributed by atoms with van der Waals surface area (Å²) in [4.78, 5) is 4.55. The maximum atomic E-state index is 13.2. The van der Waals surface area contributed by atoms with E-state index >= 15 is 0 Å². The third-order valence-corrected chi connectivity index (χ3v) is 4.90. The van der Waals surface area contributed by atoms with Crippen LogP contribution in [0.25, 0.3) is 11.1 Å². The normalized spacial score (nSPS) is 11.6. The minimum atomic E-state index is -0.238. The van der Waals surface area contributed by atoms with E-state index in [1.807, 2.05) is 14.1 Å². The highest BCUT2D eigenvalue weighted by Gasteiger charge is 2.21. The highest BCUT2D eigenvalue weighted by Crippen LogP contribution is 2.40. The van der Waals surface area contributed by atoms with Gasteiger partial charge in [0, 0.05) is 21.9 Å². The minimum absolute atomic E-state index is 0.0180. The molecule has 21 heavy (non-hydrogen) atoms. The average Bonchev–Trinajstić information content (AvgIpc) is 2.77.